The molecule has 1 aromatic rings. The van der Waals surface area contributed by atoms with E-state index in [1.165, 1.54) is 18.3 Å². The van der Waals surface area contributed by atoms with E-state index in [1.807, 2.05) is 27.7 Å². The van der Waals surface area contributed by atoms with Crippen molar-refractivity contribution >= 4 is 36.4 Å². The monoisotopic (exact) mass is 380 g/mol. The molecule has 0 spiro atoms. The van der Waals surface area contributed by atoms with E-state index in [1.54, 1.807) is 18.4 Å². The van der Waals surface area contributed by atoms with Gasteiger partial charge < -0.3 is 19.4 Å². The van der Waals surface area contributed by atoms with Crippen molar-refractivity contribution in [2.75, 3.05) is 13.2 Å². The number of hydrogen-bond acceptors (Lipinski definition) is 7. The van der Waals surface area contributed by atoms with Gasteiger partial charge in [0.15, 0.2) is 5.69 Å². The van der Waals surface area contributed by atoms with Gasteiger partial charge in [0.2, 0.25) is 5.91 Å². The van der Waals surface area contributed by atoms with E-state index in [2.05, 4.69) is 10.3 Å². The van der Waals surface area contributed by atoms with Crippen molar-refractivity contribution in [1.82, 2.24) is 10.3 Å². The predicted octanol–water partition coefficient (Wildman–Crippen LogP) is 2.47. The van der Waals surface area contributed by atoms with Gasteiger partial charge in [-0.25, -0.2) is 9.78 Å². The van der Waals surface area contributed by atoms with Crippen molar-refractivity contribution in [2.45, 2.75) is 52.7 Å². The van der Waals surface area contributed by atoms with Crippen molar-refractivity contribution in [3.63, 3.8) is 0 Å². The van der Waals surface area contributed by atoms with Crippen LogP contribution in [-0.2, 0) is 18.8 Å². The maximum Gasteiger partial charge on any atom is 0.492 e. The Labute approximate surface area is 158 Å². The lowest BCUT2D eigenvalue weighted by Crippen LogP contribution is -2.41. The molecular weight excluding hydrogens is 355 g/mol. The highest BCUT2D eigenvalue weighted by molar-refractivity contribution is 7.10. The van der Waals surface area contributed by atoms with Crippen LogP contribution in [0.15, 0.2) is 10.9 Å². The van der Waals surface area contributed by atoms with Gasteiger partial charge in [0.1, 0.15) is 5.01 Å². The number of carbonyl (C=O) groups excluding carboxylic acids is 2. The van der Waals surface area contributed by atoms with Crippen LogP contribution in [0, 0.1) is 0 Å². The molecule has 142 valence electrons. The van der Waals surface area contributed by atoms with Crippen LogP contribution >= 0.6 is 11.3 Å². The van der Waals surface area contributed by atoms with E-state index < -0.39 is 24.3 Å². The Morgan fingerprint density at radius 2 is 1.92 bits per heavy atom. The van der Waals surface area contributed by atoms with Crippen LogP contribution in [0.4, 0.5) is 0 Å². The first kappa shape index (κ1) is 20.6. The Kier molecular flexibility index (Phi) is 6.26. The molecule has 1 aliphatic heterocycles. The minimum atomic E-state index is -0.609. The molecule has 26 heavy (non-hydrogen) atoms. The summed E-state index contributed by atoms with van der Waals surface area (Å²) in [5.41, 5.74) is -0.00254. The smallest absolute Gasteiger partial charge is 0.461 e. The molecule has 0 unspecified atom stereocenters. The fourth-order valence-electron chi connectivity index (χ4n) is 2.23. The van der Waals surface area contributed by atoms with Crippen LogP contribution in [0.3, 0.4) is 0 Å². The normalized spacial score (nSPS) is 18.7. The zero-order chi connectivity index (χ0) is 19.5. The van der Waals surface area contributed by atoms with Crippen LogP contribution in [0.1, 0.15) is 57.0 Å². The minimum Gasteiger partial charge on any atom is -0.461 e. The average Bonchev–Trinajstić information content (AvgIpc) is 3.06. The largest absolute Gasteiger partial charge is 0.492 e. The highest BCUT2D eigenvalue weighted by Crippen LogP contribution is 2.38. The average molecular weight is 380 g/mol. The molecule has 1 N–H and O–H groups in total. The Morgan fingerprint density at radius 3 is 2.46 bits per heavy atom. The summed E-state index contributed by atoms with van der Waals surface area (Å²) in [6.07, 6.45) is 1.78. The maximum absolute atomic E-state index is 11.8. The molecule has 1 saturated heterocycles. The Balaban J connectivity index is 2.26. The second-order valence-electron chi connectivity index (χ2n) is 7.01. The summed E-state index contributed by atoms with van der Waals surface area (Å²) in [5.74, 6) is -0.610. The number of ether oxygens (including phenoxy) is 1. The summed E-state index contributed by atoms with van der Waals surface area (Å²) in [4.78, 5) is 27.4. The van der Waals surface area contributed by atoms with Gasteiger partial charge in [-0.15, -0.1) is 11.3 Å². The van der Waals surface area contributed by atoms with E-state index in [0.29, 0.717) is 11.6 Å². The number of rotatable bonds is 6. The first-order chi connectivity index (χ1) is 12.1. The van der Waals surface area contributed by atoms with Crippen molar-refractivity contribution in [3.8, 4) is 0 Å². The van der Waals surface area contributed by atoms with Crippen LogP contribution in [0.2, 0.25) is 0 Å². The number of hydrogen-bond donors (Lipinski definition) is 1. The van der Waals surface area contributed by atoms with E-state index in [9.17, 15) is 9.59 Å². The molecular formula is C17H25BN2O5S. The van der Waals surface area contributed by atoms with Gasteiger partial charge in [0.25, 0.3) is 0 Å². The van der Waals surface area contributed by atoms with Crippen molar-refractivity contribution in [2.24, 2.45) is 0 Å². The lowest BCUT2D eigenvalue weighted by molar-refractivity contribution is -0.118. The fourth-order valence-corrected chi connectivity index (χ4v) is 2.99. The Hall–Kier alpha value is -1.71. The quantitative estimate of drug-likeness (QED) is 0.603. The second-order valence-corrected chi connectivity index (χ2v) is 7.90. The van der Waals surface area contributed by atoms with Crippen LogP contribution < -0.4 is 5.32 Å². The zero-order valence-corrected chi connectivity index (χ0v) is 16.9. The third-order valence-electron chi connectivity index (χ3n) is 4.41. The molecule has 2 heterocycles. The molecule has 1 fully saturated rings. The number of carbonyl (C=O) groups is 2. The summed E-state index contributed by atoms with van der Waals surface area (Å²) >= 11 is 1.31. The third kappa shape index (κ3) is 4.72. The van der Waals surface area contributed by atoms with Crippen LogP contribution in [0.5, 0.6) is 0 Å². The SMILES string of the molecule is CCOC(=O)c1csc(C=C(CNC(C)=O)B2OC(C)(C)C(C)(C)O2)n1. The first-order valence-corrected chi connectivity index (χ1v) is 9.37. The van der Waals surface area contributed by atoms with E-state index in [-0.39, 0.29) is 18.1 Å². The number of thiazole rings is 1. The van der Waals surface area contributed by atoms with E-state index >= 15 is 0 Å². The van der Waals surface area contributed by atoms with Gasteiger partial charge in [-0.2, -0.15) is 0 Å². The molecule has 0 aliphatic carbocycles. The fraction of sp³-hybridized carbons (Fsp3) is 0.588. The second kappa shape index (κ2) is 7.90. The number of aromatic nitrogens is 1. The van der Waals surface area contributed by atoms with Gasteiger partial charge in [-0.1, -0.05) is 0 Å². The minimum absolute atomic E-state index is 0.154. The molecule has 2 rings (SSSR count). The maximum atomic E-state index is 11.8. The highest BCUT2D eigenvalue weighted by Gasteiger charge is 2.52. The topological polar surface area (TPSA) is 86.8 Å². The number of esters is 1. The molecule has 9 heteroatoms. The van der Waals surface area contributed by atoms with Crippen molar-refractivity contribution in [1.29, 1.82) is 0 Å². The standard InChI is InChI=1S/C17H25BN2O5S/c1-7-23-15(22)13-10-26-14(20-13)8-12(9-19-11(2)21)18-24-16(3,4)17(5,6)25-18/h8,10H,7,9H2,1-6H3,(H,19,21). The van der Waals surface area contributed by atoms with E-state index in [0.717, 1.165) is 5.47 Å². The lowest BCUT2D eigenvalue weighted by Gasteiger charge is -2.32. The molecule has 1 aromatic heterocycles. The number of nitrogens with zero attached hydrogens (tertiary/aromatic N) is 1. The van der Waals surface area contributed by atoms with Crippen LogP contribution in [-0.4, -0.2) is 48.3 Å². The third-order valence-corrected chi connectivity index (χ3v) is 5.20. The van der Waals surface area contributed by atoms with Gasteiger partial charge >= 0.3 is 13.1 Å². The van der Waals surface area contributed by atoms with E-state index in [4.69, 9.17) is 14.0 Å². The van der Waals surface area contributed by atoms with Gasteiger partial charge in [0, 0.05) is 18.8 Å². The first-order valence-electron chi connectivity index (χ1n) is 8.49. The summed E-state index contributed by atoms with van der Waals surface area (Å²) in [7, 11) is -0.609. The molecule has 0 bridgehead atoms. The Bertz CT molecular complexity index is 698. The van der Waals surface area contributed by atoms with Crippen molar-refractivity contribution < 1.29 is 23.6 Å². The van der Waals surface area contributed by atoms with Crippen molar-refractivity contribution in [3.05, 3.63) is 21.6 Å². The molecule has 1 amide bonds. The van der Waals surface area contributed by atoms with Gasteiger partial charge in [0.05, 0.1) is 17.8 Å². The number of amides is 1. The lowest BCUT2D eigenvalue weighted by atomic mass is 9.77. The predicted molar refractivity (Wildman–Crippen MR) is 101 cm³/mol. The van der Waals surface area contributed by atoms with Crippen LogP contribution in [0.25, 0.3) is 6.08 Å². The molecule has 1 aliphatic rings. The van der Waals surface area contributed by atoms with Gasteiger partial charge in [-0.3, -0.25) is 4.79 Å². The summed E-state index contributed by atoms with van der Waals surface area (Å²) in [5, 5.41) is 5.02. The molecule has 0 saturated carbocycles. The summed E-state index contributed by atoms with van der Waals surface area (Å²) in [6.45, 7) is 11.6. The summed E-state index contributed by atoms with van der Waals surface area (Å²) < 4.78 is 17.1. The Morgan fingerprint density at radius 1 is 1.31 bits per heavy atom. The molecule has 0 atom stereocenters. The van der Waals surface area contributed by atoms with Gasteiger partial charge in [-0.05, 0) is 46.2 Å². The molecule has 0 aromatic carbocycles. The zero-order valence-electron chi connectivity index (χ0n) is 16.0. The summed E-state index contributed by atoms with van der Waals surface area (Å²) in [6, 6.07) is 0. The molecule has 0 radical (unpaired) electrons. The number of nitrogens with one attached hydrogen (secondary N) is 1. The highest BCUT2D eigenvalue weighted by atomic mass is 32.1. The molecule has 7 nitrogen and oxygen atoms in total.